The second-order valence-corrected chi connectivity index (χ2v) is 3.84. The third kappa shape index (κ3) is 3.55. The first-order chi connectivity index (χ1) is 6.82. The fourth-order valence-electron chi connectivity index (χ4n) is 1.37. The van der Waals surface area contributed by atoms with Gasteiger partial charge in [-0.05, 0) is 5.92 Å². The Morgan fingerprint density at radius 2 is 1.73 bits per heavy atom. The average Bonchev–Trinajstić information content (AvgIpc) is 2.15. The fourth-order valence-corrected chi connectivity index (χ4v) is 1.37. The van der Waals surface area contributed by atoms with Crippen LogP contribution in [0, 0.1) is 5.92 Å². The first-order valence-corrected chi connectivity index (χ1v) is 4.88. The molecule has 15 heavy (non-hydrogen) atoms. The predicted octanol–water partition coefficient (Wildman–Crippen LogP) is -0.284. The fraction of sp³-hybridized carbons (Fsp3) is 0.778. The van der Waals surface area contributed by atoms with Crippen molar-refractivity contribution in [1.29, 1.82) is 0 Å². The van der Waals surface area contributed by atoms with E-state index in [1.807, 2.05) is 13.8 Å². The zero-order valence-electron chi connectivity index (χ0n) is 10.3. The maximum absolute atomic E-state index is 11.9. The van der Waals surface area contributed by atoms with Gasteiger partial charge in [-0.2, -0.15) is 0 Å². The van der Waals surface area contributed by atoms with E-state index in [2.05, 4.69) is 0 Å². The van der Waals surface area contributed by atoms with Gasteiger partial charge >= 0.3 is 0 Å². The minimum absolute atomic E-state index is 0.0454. The normalized spacial score (nSPS) is 12.4. The lowest BCUT2D eigenvalue weighted by Gasteiger charge is -2.31. The number of hydrogen-bond donors (Lipinski definition) is 0. The van der Waals surface area contributed by atoms with E-state index in [1.165, 1.54) is 26.9 Å². The molecule has 0 aliphatic rings. The Kier molecular flexibility index (Phi) is 5.35. The minimum Gasteiger partial charge on any atom is -0.343 e. The van der Waals surface area contributed by atoms with Crippen molar-refractivity contribution in [2.45, 2.75) is 19.9 Å². The number of rotatable bonds is 4. The van der Waals surface area contributed by atoms with Crippen LogP contribution in [0.15, 0.2) is 0 Å². The number of likely N-dealkylation sites (N-methyl/N-ethyl adjacent to an activating group) is 2. The Bertz CT molecular complexity index is 246. The van der Waals surface area contributed by atoms with E-state index in [-0.39, 0.29) is 17.6 Å². The Labute approximate surface area is 91.7 Å². The zero-order valence-corrected chi connectivity index (χ0v) is 10.3. The highest BCUT2D eigenvalue weighted by molar-refractivity contribution is 6.57. The van der Waals surface area contributed by atoms with E-state index in [0.29, 0.717) is 0 Å². The molecule has 0 aromatic carbocycles. The lowest BCUT2D eigenvalue weighted by atomic mass is 9.98. The van der Waals surface area contributed by atoms with Crippen molar-refractivity contribution in [3.63, 3.8) is 0 Å². The van der Waals surface area contributed by atoms with E-state index in [4.69, 9.17) is 4.84 Å². The summed E-state index contributed by atoms with van der Waals surface area (Å²) in [5.41, 5.74) is 0. The van der Waals surface area contributed by atoms with Crippen LogP contribution in [0.2, 0.25) is 0 Å². The van der Waals surface area contributed by atoms with Crippen molar-refractivity contribution < 1.29 is 14.4 Å². The van der Waals surface area contributed by atoms with Gasteiger partial charge in [0, 0.05) is 14.1 Å². The first-order valence-electron chi connectivity index (χ1n) is 4.88. The Hall–Kier alpha value is -1.04. The van der Waals surface area contributed by atoms with Gasteiger partial charge in [-0.15, -0.1) is 0 Å². The second-order valence-electron chi connectivity index (χ2n) is 3.84. The summed E-state index contributed by atoms with van der Waals surface area (Å²) in [4.78, 5) is 29.3. The summed E-state index contributed by atoms with van der Waals surface area (Å²) >= 11 is 0. The molecule has 6 heteroatoms. The maximum Gasteiger partial charge on any atom is 0.268 e. The minimum atomic E-state index is -0.479. The van der Waals surface area contributed by atoms with Crippen LogP contribution in [0.3, 0.4) is 0 Å². The molecule has 0 unspecified atom stereocenters. The summed E-state index contributed by atoms with van der Waals surface area (Å²) in [5, 5.41) is 1.14. The maximum atomic E-state index is 11.9. The van der Waals surface area contributed by atoms with E-state index in [0.717, 1.165) is 5.06 Å². The number of hydrogen-bond acceptors (Lipinski definition) is 3. The molecule has 0 saturated heterocycles. The van der Waals surface area contributed by atoms with Crippen LogP contribution >= 0.6 is 0 Å². The lowest BCUT2D eigenvalue weighted by Crippen LogP contribution is -2.50. The molecular weight excluding hydrogens is 195 g/mol. The van der Waals surface area contributed by atoms with Crippen LogP contribution < -0.4 is 0 Å². The van der Waals surface area contributed by atoms with Crippen LogP contribution in [-0.2, 0) is 9.63 Å². The molecule has 0 aromatic heterocycles. The highest BCUT2D eigenvalue weighted by Crippen LogP contribution is 2.12. The van der Waals surface area contributed by atoms with Gasteiger partial charge in [0.2, 0.25) is 7.85 Å². The third-order valence-corrected chi connectivity index (χ3v) is 2.38. The van der Waals surface area contributed by atoms with Gasteiger partial charge in [-0.25, -0.2) is 5.06 Å². The number of carbonyl (C=O) groups excluding carboxylic acids is 2. The van der Waals surface area contributed by atoms with Gasteiger partial charge in [0.05, 0.1) is 7.11 Å². The topological polar surface area (TPSA) is 49.9 Å². The standard InChI is InChI=1S/C9H19BN2O3/c1-6(2)7(11(3)9(10)14)8(13)12(4)15-5/h6-7H,10H2,1-5H3/t7-/m0/s1. The summed E-state index contributed by atoms with van der Waals surface area (Å²) in [6.45, 7) is 3.79. The predicted molar refractivity (Wildman–Crippen MR) is 60.1 cm³/mol. The summed E-state index contributed by atoms with van der Waals surface area (Å²) in [7, 11) is 6.01. The van der Waals surface area contributed by atoms with Crippen LogP contribution in [-0.4, -0.2) is 56.8 Å². The summed E-state index contributed by atoms with van der Waals surface area (Å²) < 4.78 is 0. The monoisotopic (exact) mass is 214 g/mol. The van der Waals surface area contributed by atoms with E-state index >= 15 is 0 Å². The molecule has 0 aliphatic carbocycles. The van der Waals surface area contributed by atoms with E-state index in [9.17, 15) is 9.59 Å². The van der Waals surface area contributed by atoms with Gasteiger partial charge < -0.3 is 4.90 Å². The molecule has 5 nitrogen and oxygen atoms in total. The highest BCUT2D eigenvalue weighted by atomic mass is 16.7. The molecule has 0 aliphatic heterocycles. The molecule has 0 rings (SSSR count). The molecule has 0 aromatic rings. The van der Waals surface area contributed by atoms with Gasteiger partial charge in [0.15, 0.2) is 5.81 Å². The number of nitrogens with zero attached hydrogens (tertiary/aromatic N) is 2. The highest BCUT2D eigenvalue weighted by Gasteiger charge is 2.30. The molecule has 2 amide bonds. The van der Waals surface area contributed by atoms with E-state index in [1.54, 1.807) is 7.05 Å². The first kappa shape index (κ1) is 14.0. The quantitative estimate of drug-likeness (QED) is 0.477. The Balaban J connectivity index is 4.82. The van der Waals surface area contributed by atoms with Crippen molar-refractivity contribution in [3.8, 4) is 0 Å². The molecule has 0 heterocycles. The largest absolute Gasteiger partial charge is 0.343 e. The molecule has 1 atom stereocenters. The zero-order chi connectivity index (χ0) is 12.2. The SMILES string of the molecule is BC(=O)N(C)[C@H](C(=O)N(C)OC)C(C)C. The number of hydroxylamine groups is 2. The van der Waals surface area contributed by atoms with Crippen LogP contribution in [0.25, 0.3) is 0 Å². The Morgan fingerprint density at radius 1 is 1.27 bits per heavy atom. The number of amides is 2. The van der Waals surface area contributed by atoms with Crippen LogP contribution in [0.5, 0.6) is 0 Å². The molecule has 0 saturated carbocycles. The van der Waals surface area contributed by atoms with Gasteiger partial charge in [-0.3, -0.25) is 14.4 Å². The third-order valence-electron chi connectivity index (χ3n) is 2.38. The van der Waals surface area contributed by atoms with Crippen molar-refractivity contribution in [2.24, 2.45) is 5.92 Å². The molecule has 0 bridgehead atoms. The van der Waals surface area contributed by atoms with Gasteiger partial charge in [-0.1, -0.05) is 13.8 Å². The van der Waals surface area contributed by atoms with Crippen molar-refractivity contribution in [3.05, 3.63) is 0 Å². The van der Waals surface area contributed by atoms with Crippen LogP contribution in [0.4, 0.5) is 4.79 Å². The smallest absolute Gasteiger partial charge is 0.268 e. The molecule has 86 valence electrons. The second kappa shape index (κ2) is 5.75. The average molecular weight is 214 g/mol. The van der Waals surface area contributed by atoms with Crippen molar-refractivity contribution in [2.75, 3.05) is 21.2 Å². The molecule has 0 N–H and O–H groups in total. The lowest BCUT2D eigenvalue weighted by molar-refractivity contribution is -0.174. The van der Waals surface area contributed by atoms with Crippen molar-refractivity contribution >= 4 is 19.6 Å². The van der Waals surface area contributed by atoms with Crippen molar-refractivity contribution in [1.82, 2.24) is 9.96 Å². The van der Waals surface area contributed by atoms with Gasteiger partial charge in [0.1, 0.15) is 6.04 Å². The molecule has 0 spiro atoms. The molecule has 0 radical (unpaired) electrons. The van der Waals surface area contributed by atoms with Gasteiger partial charge in [0.25, 0.3) is 5.91 Å². The molecule has 0 fully saturated rings. The summed E-state index contributed by atoms with van der Waals surface area (Å²) in [5.74, 6) is -0.305. The summed E-state index contributed by atoms with van der Waals surface area (Å²) in [6, 6.07) is -0.479. The number of carbonyl (C=O) groups is 2. The van der Waals surface area contributed by atoms with Crippen LogP contribution in [0.1, 0.15) is 13.8 Å². The molecular formula is C9H19BN2O3. The summed E-state index contributed by atoms with van der Waals surface area (Å²) in [6.07, 6.45) is 0. The Morgan fingerprint density at radius 3 is 2.00 bits per heavy atom. The van der Waals surface area contributed by atoms with E-state index < -0.39 is 6.04 Å².